The Kier molecular flexibility index (Phi) is 1.52. The molecule has 0 saturated heterocycles. The molecule has 1 unspecified atom stereocenters. The van der Waals surface area contributed by atoms with Gasteiger partial charge in [-0.15, -0.1) is 0 Å². The highest BCUT2D eigenvalue weighted by Crippen LogP contribution is 2.24. The summed E-state index contributed by atoms with van der Waals surface area (Å²) in [6.07, 6.45) is 0. The van der Waals surface area contributed by atoms with E-state index in [1.165, 1.54) is 0 Å². The van der Waals surface area contributed by atoms with Crippen LogP contribution in [0.2, 0.25) is 0 Å². The van der Waals surface area contributed by atoms with Crippen molar-refractivity contribution in [3.05, 3.63) is 24.3 Å². The third kappa shape index (κ3) is 1.20. The minimum atomic E-state index is -1.46. The number of anilines is 2. The molecule has 58 valence electrons. The van der Waals surface area contributed by atoms with Crippen LogP contribution in [0.1, 0.15) is 0 Å². The molecule has 1 aromatic carbocycles. The molecular weight excluding hydrogens is 164 g/mol. The monoisotopic (exact) mass is 170 g/mol. The van der Waals surface area contributed by atoms with Crippen molar-refractivity contribution < 1.29 is 8.49 Å². The van der Waals surface area contributed by atoms with Crippen LogP contribution in [0.15, 0.2) is 24.3 Å². The molecule has 0 aromatic heterocycles. The maximum absolute atomic E-state index is 10.7. The van der Waals surface area contributed by atoms with E-state index in [0.29, 0.717) is 0 Å². The average Bonchev–Trinajstić information content (AvgIpc) is 2.04. The third-order valence-electron chi connectivity index (χ3n) is 1.35. The van der Waals surface area contributed by atoms with Gasteiger partial charge in [0, 0.05) is 0 Å². The Morgan fingerprint density at radius 1 is 1.27 bits per heavy atom. The largest absolute Gasteiger partial charge is 0.284 e. The molecule has 2 rings (SSSR count). The molecule has 0 radical (unpaired) electrons. The fourth-order valence-electron chi connectivity index (χ4n) is 0.854. The zero-order chi connectivity index (χ0) is 7.68. The summed E-state index contributed by atoms with van der Waals surface area (Å²) in [6.45, 7) is 0. The fourth-order valence-corrected chi connectivity index (χ4v) is 1.42. The minimum absolute atomic E-state index is 0.789. The van der Waals surface area contributed by atoms with Gasteiger partial charge in [0.1, 0.15) is 0 Å². The number of nitrogens with one attached hydrogen (secondary N) is 2. The normalized spacial score (nSPS) is 21.3. The number of hydrogen-bond donors (Lipinski definition) is 2. The van der Waals surface area contributed by atoms with E-state index < -0.39 is 11.3 Å². The van der Waals surface area contributed by atoms with Crippen LogP contribution in [0, 0.1) is 0 Å². The average molecular weight is 170 g/mol. The van der Waals surface area contributed by atoms with Crippen LogP contribution in [0.3, 0.4) is 0 Å². The van der Waals surface area contributed by atoms with Crippen LogP contribution >= 0.6 is 0 Å². The molecule has 0 amide bonds. The summed E-state index contributed by atoms with van der Waals surface area (Å²) in [5, 5.41) is 0. The van der Waals surface area contributed by atoms with E-state index in [0.717, 1.165) is 11.4 Å². The zero-order valence-electron chi connectivity index (χ0n) is 5.53. The van der Waals surface area contributed by atoms with Gasteiger partial charge in [0.15, 0.2) is 0 Å². The van der Waals surface area contributed by atoms with Crippen LogP contribution in [0.5, 0.6) is 0 Å². The molecule has 0 spiro atoms. The standard InChI is InChI=1S/C6H6N2O2S/c9-11-8-6-4-2-1-3-5(6)7-10-11/h1-4,7-8H. The summed E-state index contributed by atoms with van der Waals surface area (Å²) in [7, 11) is 0. The summed E-state index contributed by atoms with van der Waals surface area (Å²) in [5.41, 5.74) is 4.14. The van der Waals surface area contributed by atoms with E-state index in [-0.39, 0.29) is 0 Å². The van der Waals surface area contributed by atoms with E-state index in [1.54, 1.807) is 0 Å². The maximum atomic E-state index is 10.7. The van der Waals surface area contributed by atoms with E-state index in [1.807, 2.05) is 24.3 Å². The second kappa shape index (κ2) is 2.52. The third-order valence-corrected chi connectivity index (χ3v) is 1.97. The quantitative estimate of drug-likeness (QED) is 0.611. The van der Waals surface area contributed by atoms with Gasteiger partial charge in [0.2, 0.25) is 0 Å². The molecule has 2 N–H and O–H groups in total. The second-order valence-corrected chi connectivity index (χ2v) is 2.91. The van der Waals surface area contributed by atoms with Gasteiger partial charge in [-0.05, 0) is 12.1 Å². The molecule has 1 atom stereocenters. The van der Waals surface area contributed by atoms with Crippen molar-refractivity contribution in [1.29, 1.82) is 0 Å². The van der Waals surface area contributed by atoms with Crippen molar-refractivity contribution in [3.63, 3.8) is 0 Å². The number of benzene rings is 1. The number of para-hydroxylation sites is 2. The molecule has 11 heavy (non-hydrogen) atoms. The summed E-state index contributed by atoms with van der Waals surface area (Å²) >= 11 is -1.46. The van der Waals surface area contributed by atoms with Gasteiger partial charge in [-0.25, -0.2) is 9.69 Å². The molecule has 4 nitrogen and oxygen atoms in total. The summed E-state index contributed by atoms with van der Waals surface area (Å²) in [5.74, 6) is 0. The lowest BCUT2D eigenvalue weighted by Gasteiger charge is -2.16. The SMILES string of the molecule is O=S1Nc2ccccc2NO1. The molecule has 0 fully saturated rings. The van der Waals surface area contributed by atoms with E-state index in [9.17, 15) is 4.21 Å². The van der Waals surface area contributed by atoms with Gasteiger partial charge in [-0.1, -0.05) is 12.1 Å². The first-order chi connectivity index (χ1) is 5.36. The molecule has 1 aliphatic heterocycles. The Labute approximate surface area is 66.3 Å². The predicted octanol–water partition coefficient (Wildman–Crippen LogP) is 1.03. The summed E-state index contributed by atoms with van der Waals surface area (Å²) in [6, 6.07) is 7.38. The van der Waals surface area contributed by atoms with E-state index in [2.05, 4.69) is 14.5 Å². The van der Waals surface area contributed by atoms with Gasteiger partial charge in [-0.2, -0.15) is 4.28 Å². The van der Waals surface area contributed by atoms with Gasteiger partial charge in [0.25, 0.3) is 11.3 Å². The van der Waals surface area contributed by atoms with Crippen LogP contribution < -0.4 is 10.2 Å². The molecule has 0 aliphatic carbocycles. The smallest absolute Gasteiger partial charge is 0.278 e. The number of fused-ring (bicyclic) bond motifs is 1. The second-order valence-electron chi connectivity index (χ2n) is 2.07. The molecule has 0 saturated carbocycles. The van der Waals surface area contributed by atoms with Crippen molar-refractivity contribution in [3.8, 4) is 0 Å². The van der Waals surface area contributed by atoms with Crippen LogP contribution in [0.4, 0.5) is 11.4 Å². The molecule has 5 heteroatoms. The molecule has 1 aromatic rings. The lowest BCUT2D eigenvalue weighted by Crippen LogP contribution is -2.18. The van der Waals surface area contributed by atoms with Crippen molar-refractivity contribution >= 4 is 22.6 Å². The molecule has 1 heterocycles. The first kappa shape index (κ1) is 6.63. The van der Waals surface area contributed by atoms with Crippen LogP contribution in [-0.4, -0.2) is 4.21 Å². The molecule has 0 bridgehead atoms. The number of hydrogen-bond acceptors (Lipinski definition) is 3. The zero-order valence-corrected chi connectivity index (χ0v) is 6.35. The van der Waals surface area contributed by atoms with Crippen LogP contribution in [0.25, 0.3) is 0 Å². The first-order valence-electron chi connectivity index (χ1n) is 3.07. The van der Waals surface area contributed by atoms with E-state index in [4.69, 9.17) is 0 Å². The Bertz CT molecular complexity index is 302. The van der Waals surface area contributed by atoms with Crippen molar-refractivity contribution in [2.24, 2.45) is 0 Å². The van der Waals surface area contributed by atoms with Gasteiger partial charge in [-0.3, -0.25) is 4.72 Å². The Balaban J connectivity index is 2.41. The molecular formula is C6H6N2O2S. The first-order valence-corrected chi connectivity index (χ1v) is 4.14. The fraction of sp³-hybridized carbons (Fsp3) is 0. The van der Waals surface area contributed by atoms with Crippen molar-refractivity contribution in [1.82, 2.24) is 0 Å². The Morgan fingerprint density at radius 2 is 2.00 bits per heavy atom. The lowest BCUT2D eigenvalue weighted by atomic mass is 10.3. The predicted molar refractivity (Wildman–Crippen MR) is 42.9 cm³/mol. The van der Waals surface area contributed by atoms with Crippen molar-refractivity contribution in [2.75, 3.05) is 10.2 Å². The Hall–Kier alpha value is -1.07. The van der Waals surface area contributed by atoms with E-state index >= 15 is 0 Å². The summed E-state index contributed by atoms with van der Waals surface area (Å²) in [4.78, 5) is 0. The summed E-state index contributed by atoms with van der Waals surface area (Å²) < 4.78 is 18.0. The van der Waals surface area contributed by atoms with Crippen LogP contribution in [-0.2, 0) is 15.6 Å². The van der Waals surface area contributed by atoms with Crippen molar-refractivity contribution in [2.45, 2.75) is 0 Å². The van der Waals surface area contributed by atoms with Gasteiger partial charge in [0.05, 0.1) is 11.4 Å². The van der Waals surface area contributed by atoms with Gasteiger partial charge < -0.3 is 0 Å². The lowest BCUT2D eigenvalue weighted by molar-refractivity contribution is 0.436. The maximum Gasteiger partial charge on any atom is 0.284 e. The minimum Gasteiger partial charge on any atom is -0.278 e. The highest BCUT2D eigenvalue weighted by Gasteiger charge is 2.11. The van der Waals surface area contributed by atoms with Gasteiger partial charge >= 0.3 is 0 Å². The Morgan fingerprint density at radius 3 is 2.82 bits per heavy atom. The number of rotatable bonds is 0. The highest BCUT2D eigenvalue weighted by molar-refractivity contribution is 7.81. The topological polar surface area (TPSA) is 50.4 Å². The molecule has 1 aliphatic rings. The highest BCUT2D eigenvalue weighted by atomic mass is 32.2.